The van der Waals surface area contributed by atoms with Crippen LogP contribution in [-0.4, -0.2) is 68.1 Å². The van der Waals surface area contributed by atoms with Crippen molar-refractivity contribution < 1.29 is 22.7 Å². The largest absolute Gasteiger partial charge is 0.351 e. The quantitative estimate of drug-likeness (QED) is 0.759. The summed E-state index contributed by atoms with van der Waals surface area (Å²) in [6, 6.07) is 3.95. The molecule has 1 spiro atoms. The summed E-state index contributed by atoms with van der Waals surface area (Å²) in [5, 5.41) is 4.95. The van der Waals surface area contributed by atoms with E-state index in [-0.39, 0.29) is 11.8 Å². The number of nitrogens with zero attached hydrogens (tertiary/aromatic N) is 2. The Bertz CT molecular complexity index is 759. The van der Waals surface area contributed by atoms with Crippen LogP contribution in [0.3, 0.4) is 0 Å². The van der Waals surface area contributed by atoms with Gasteiger partial charge >= 0.3 is 0 Å². The molecule has 1 amide bonds. The second-order valence-corrected chi connectivity index (χ2v) is 10.4. The fourth-order valence-electron chi connectivity index (χ4n) is 4.09. The number of hydrogen-bond donors (Lipinski definition) is 1. The molecule has 0 bridgehead atoms. The summed E-state index contributed by atoms with van der Waals surface area (Å²) in [6.45, 7) is 3.27. The number of thiophene rings is 1. The number of amides is 1. The van der Waals surface area contributed by atoms with Crippen molar-refractivity contribution >= 4 is 27.5 Å². The van der Waals surface area contributed by atoms with Crippen LogP contribution in [0.2, 0.25) is 0 Å². The first-order valence-corrected chi connectivity index (χ1v) is 12.1. The number of ether oxygens (including phenoxy) is 2. The summed E-state index contributed by atoms with van der Waals surface area (Å²) < 4.78 is 40.3. The molecule has 4 rings (SSSR count). The van der Waals surface area contributed by atoms with E-state index in [0.717, 1.165) is 4.88 Å². The topological polar surface area (TPSA) is 88.2 Å². The van der Waals surface area contributed by atoms with E-state index in [1.54, 1.807) is 11.3 Å². The molecule has 0 saturated carbocycles. The third kappa shape index (κ3) is 4.27. The van der Waals surface area contributed by atoms with E-state index in [4.69, 9.17) is 9.47 Å². The minimum atomic E-state index is -3.50. The fourth-order valence-corrected chi connectivity index (χ4v) is 6.37. The second kappa shape index (κ2) is 8.37. The first-order chi connectivity index (χ1) is 13.5. The fraction of sp³-hybridized carbons (Fsp3) is 0.722. The molecule has 0 aromatic carbocycles. The number of carbonyl (C=O) groups excluding carboxylic acids is 1. The molecule has 3 aliphatic rings. The first kappa shape index (κ1) is 20.2. The number of piperidine rings is 2. The molecule has 8 nitrogen and oxygen atoms in total. The van der Waals surface area contributed by atoms with E-state index < -0.39 is 16.0 Å². The van der Waals surface area contributed by atoms with E-state index in [0.29, 0.717) is 71.6 Å². The van der Waals surface area contributed by atoms with Gasteiger partial charge in [0.2, 0.25) is 5.91 Å². The van der Waals surface area contributed by atoms with Crippen molar-refractivity contribution in [1.29, 1.82) is 0 Å². The van der Waals surface area contributed by atoms with Crippen LogP contribution in [0.5, 0.6) is 0 Å². The Hall–Kier alpha value is -1.04. The molecule has 0 radical (unpaired) electrons. The Kier molecular flexibility index (Phi) is 6.05. The van der Waals surface area contributed by atoms with Crippen molar-refractivity contribution in [2.75, 3.05) is 39.4 Å². The van der Waals surface area contributed by atoms with Crippen molar-refractivity contribution in [2.24, 2.45) is 5.92 Å². The monoisotopic (exact) mass is 429 g/mol. The van der Waals surface area contributed by atoms with Crippen LogP contribution in [0, 0.1) is 5.92 Å². The number of carbonyl (C=O) groups is 1. The van der Waals surface area contributed by atoms with Crippen LogP contribution in [0.15, 0.2) is 17.5 Å². The van der Waals surface area contributed by atoms with Gasteiger partial charge in [-0.2, -0.15) is 17.0 Å². The lowest BCUT2D eigenvalue weighted by atomic mass is 9.97. The molecule has 156 valence electrons. The van der Waals surface area contributed by atoms with E-state index in [1.807, 2.05) is 17.5 Å². The number of nitrogens with one attached hydrogen (secondary N) is 1. The zero-order chi connectivity index (χ0) is 19.6. The highest BCUT2D eigenvalue weighted by Gasteiger charge is 2.44. The van der Waals surface area contributed by atoms with Crippen molar-refractivity contribution in [3.63, 3.8) is 0 Å². The Morgan fingerprint density at radius 1 is 1.14 bits per heavy atom. The van der Waals surface area contributed by atoms with Crippen LogP contribution < -0.4 is 5.32 Å². The van der Waals surface area contributed by atoms with E-state index in [2.05, 4.69) is 5.32 Å². The number of rotatable bonds is 5. The molecule has 3 saturated heterocycles. The summed E-state index contributed by atoms with van der Waals surface area (Å²) in [7, 11) is -3.50. The SMILES string of the molecule is O=C(NCc1cccs1)C1CCN(S(=O)(=O)N2CCC3(CC2)OCCO3)CC1. The molecule has 3 fully saturated rings. The Morgan fingerprint density at radius 3 is 2.39 bits per heavy atom. The lowest BCUT2D eigenvalue weighted by molar-refractivity contribution is -0.179. The molecule has 1 N–H and O–H groups in total. The molecule has 1 aromatic heterocycles. The van der Waals surface area contributed by atoms with Crippen LogP contribution >= 0.6 is 11.3 Å². The lowest BCUT2D eigenvalue weighted by Crippen LogP contribution is -2.53. The Labute approximate surface area is 170 Å². The third-order valence-electron chi connectivity index (χ3n) is 5.79. The molecular formula is C18H27N3O5S2. The van der Waals surface area contributed by atoms with Crippen molar-refractivity contribution in [3.05, 3.63) is 22.4 Å². The van der Waals surface area contributed by atoms with Crippen LogP contribution in [0.4, 0.5) is 0 Å². The highest BCUT2D eigenvalue weighted by atomic mass is 32.2. The predicted molar refractivity (Wildman–Crippen MR) is 105 cm³/mol. The van der Waals surface area contributed by atoms with E-state index in [1.165, 1.54) is 8.61 Å². The molecule has 0 aliphatic carbocycles. The van der Waals surface area contributed by atoms with Crippen molar-refractivity contribution in [1.82, 2.24) is 13.9 Å². The van der Waals surface area contributed by atoms with Crippen LogP contribution in [0.1, 0.15) is 30.6 Å². The first-order valence-electron chi connectivity index (χ1n) is 9.82. The molecule has 4 heterocycles. The maximum atomic E-state index is 13.0. The van der Waals surface area contributed by atoms with Gasteiger partial charge < -0.3 is 14.8 Å². The molecule has 1 aromatic rings. The maximum Gasteiger partial charge on any atom is 0.281 e. The van der Waals surface area contributed by atoms with Gasteiger partial charge in [0.15, 0.2) is 5.79 Å². The predicted octanol–water partition coefficient (Wildman–Crippen LogP) is 1.16. The summed E-state index contributed by atoms with van der Waals surface area (Å²) in [4.78, 5) is 13.5. The lowest BCUT2D eigenvalue weighted by Gasteiger charge is -2.40. The third-order valence-corrected chi connectivity index (χ3v) is 8.70. The smallest absolute Gasteiger partial charge is 0.281 e. The van der Waals surface area contributed by atoms with Gasteiger partial charge in [-0.25, -0.2) is 0 Å². The summed E-state index contributed by atoms with van der Waals surface area (Å²) in [5.41, 5.74) is 0. The number of hydrogen-bond acceptors (Lipinski definition) is 6. The highest BCUT2D eigenvalue weighted by molar-refractivity contribution is 7.86. The Balaban J connectivity index is 1.26. The summed E-state index contributed by atoms with van der Waals surface area (Å²) in [5.74, 6) is -0.697. The minimum Gasteiger partial charge on any atom is -0.351 e. The van der Waals surface area contributed by atoms with Gasteiger partial charge in [-0.05, 0) is 24.3 Å². The molecule has 28 heavy (non-hydrogen) atoms. The highest BCUT2D eigenvalue weighted by Crippen LogP contribution is 2.33. The Morgan fingerprint density at radius 2 is 1.79 bits per heavy atom. The van der Waals surface area contributed by atoms with E-state index >= 15 is 0 Å². The van der Waals surface area contributed by atoms with Crippen LogP contribution in [-0.2, 0) is 31.0 Å². The van der Waals surface area contributed by atoms with Gasteiger partial charge in [0.25, 0.3) is 10.2 Å². The van der Waals surface area contributed by atoms with E-state index in [9.17, 15) is 13.2 Å². The second-order valence-electron chi connectivity index (χ2n) is 7.48. The van der Waals surface area contributed by atoms with Gasteiger partial charge in [-0.1, -0.05) is 6.07 Å². The van der Waals surface area contributed by atoms with Crippen molar-refractivity contribution in [2.45, 2.75) is 38.0 Å². The molecule has 0 unspecified atom stereocenters. The summed E-state index contributed by atoms with van der Waals surface area (Å²) in [6.07, 6.45) is 2.24. The van der Waals surface area contributed by atoms with Gasteiger partial charge in [0, 0.05) is 49.8 Å². The van der Waals surface area contributed by atoms with Gasteiger partial charge in [0.05, 0.1) is 19.8 Å². The molecular weight excluding hydrogens is 402 g/mol. The molecule has 0 atom stereocenters. The summed E-state index contributed by atoms with van der Waals surface area (Å²) >= 11 is 1.61. The van der Waals surface area contributed by atoms with Gasteiger partial charge in [-0.15, -0.1) is 11.3 Å². The minimum absolute atomic E-state index is 0.0147. The van der Waals surface area contributed by atoms with Gasteiger partial charge in [0.1, 0.15) is 0 Å². The van der Waals surface area contributed by atoms with Crippen molar-refractivity contribution in [3.8, 4) is 0 Å². The zero-order valence-corrected chi connectivity index (χ0v) is 17.5. The normalized spacial score (nSPS) is 24.6. The molecule has 10 heteroatoms. The molecule has 3 aliphatic heterocycles. The maximum absolute atomic E-state index is 13.0. The standard InChI is InChI=1S/C18H27N3O5S2/c22-17(19-14-16-2-1-13-27-16)15-3-7-20(8-4-15)28(23,24)21-9-5-18(6-10-21)25-11-12-26-18/h1-2,13,15H,3-12,14H2,(H,19,22). The van der Waals surface area contributed by atoms with Crippen LogP contribution in [0.25, 0.3) is 0 Å². The zero-order valence-electron chi connectivity index (χ0n) is 15.8. The van der Waals surface area contributed by atoms with Gasteiger partial charge in [-0.3, -0.25) is 4.79 Å². The average molecular weight is 430 g/mol. The average Bonchev–Trinajstić information content (AvgIpc) is 3.39.